The van der Waals surface area contributed by atoms with Crippen LogP contribution in [0.3, 0.4) is 0 Å². The highest BCUT2D eigenvalue weighted by atomic mass is 35.5. The average molecular weight is 296 g/mol. The maximum atomic E-state index is 5.98. The van der Waals surface area contributed by atoms with Crippen molar-refractivity contribution >= 4 is 34.0 Å². The molecule has 0 spiro atoms. The lowest BCUT2D eigenvalue weighted by molar-refractivity contribution is 1.25. The van der Waals surface area contributed by atoms with E-state index in [0.717, 1.165) is 28.0 Å². The largest absolute Gasteiger partial charge is 0.261 e. The summed E-state index contributed by atoms with van der Waals surface area (Å²) >= 11 is 5.98. The van der Waals surface area contributed by atoms with Crippen LogP contribution in [0, 0.1) is 0 Å². The van der Waals surface area contributed by atoms with Crippen molar-refractivity contribution in [2.75, 3.05) is 5.43 Å². The van der Waals surface area contributed by atoms with E-state index in [1.54, 1.807) is 0 Å². The fourth-order valence-electron chi connectivity index (χ4n) is 2.05. The fraction of sp³-hybridized carbons (Fsp3) is 0.0588. The minimum Gasteiger partial charge on any atom is -0.261 e. The summed E-state index contributed by atoms with van der Waals surface area (Å²) in [6.45, 7) is 1.93. The third kappa shape index (κ3) is 3.20. The first-order chi connectivity index (χ1) is 10.2. The third-order valence-corrected chi connectivity index (χ3v) is 3.41. The Morgan fingerprint density at radius 2 is 1.90 bits per heavy atom. The van der Waals surface area contributed by atoms with Crippen molar-refractivity contribution in [1.82, 2.24) is 4.98 Å². The van der Waals surface area contributed by atoms with Crippen LogP contribution in [0.25, 0.3) is 10.9 Å². The Balaban J connectivity index is 1.83. The maximum absolute atomic E-state index is 5.98. The van der Waals surface area contributed by atoms with Gasteiger partial charge in [0.2, 0.25) is 0 Å². The summed E-state index contributed by atoms with van der Waals surface area (Å²) in [5.74, 6) is 0.718. The number of hydrogen-bond acceptors (Lipinski definition) is 3. The molecule has 0 saturated carbocycles. The fourth-order valence-corrected chi connectivity index (χ4v) is 2.24. The van der Waals surface area contributed by atoms with Crippen LogP contribution >= 0.6 is 11.6 Å². The van der Waals surface area contributed by atoms with E-state index < -0.39 is 0 Å². The Labute approximate surface area is 128 Å². The number of halogens is 1. The van der Waals surface area contributed by atoms with Crippen LogP contribution in [0.1, 0.15) is 12.5 Å². The van der Waals surface area contributed by atoms with Gasteiger partial charge in [0.25, 0.3) is 0 Å². The van der Waals surface area contributed by atoms with E-state index in [-0.39, 0.29) is 0 Å². The number of fused-ring (bicyclic) bond motifs is 1. The Bertz CT molecular complexity index is 812. The van der Waals surface area contributed by atoms with Crippen LogP contribution < -0.4 is 5.43 Å². The molecule has 3 rings (SSSR count). The van der Waals surface area contributed by atoms with Crippen molar-refractivity contribution in [2.45, 2.75) is 6.92 Å². The molecule has 3 nitrogen and oxygen atoms in total. The Hall–Kier alpha value is -2.39. The lowest BCUT2D eigenvalue weighted by Gasteiger charge is -2.04. The lowest BCUT2D eigenvalue weighted by Crippen LogP contribution is -2.00. The van der Waals surface area contributed by atoms with E-state index in [0.29, 0.717) is 5.02 Å². The van der Waals surface area contributed by atoms with Crippen molar-refractivity contribution in [2.24, 2.45) is 5.10 Å². The molecule has 0 aliphatic rings. The summed E-state index contributed by atoms with van der Waals surface area (Å²) in [7, 11) is 0. The highest BCUT2D eigenvalue weighted by molar-refractivity contribution is 6.31. The number of aromatic nitrogens is 1. The zero-order valence-electron chi connectivity index (χ0n) is 11.5. The van der Waals surface area contributed by atoms with Gasteiger partial charge in [-0.05, 0) is 42.8 Å². The van der Waals surface area contributed by atoms with Crippen LogP contribution in [0.2, 0.25) is 5.02 Å². The molecule has 3 aromatic rings. The standard InChI is InChI=1S/C17H14ClN3/c1-12(14-6-4-7-15(18)11-14)20-21-17-10-9-13-5-2-3-8-16(13)19-17/h2-11H,1H3,(H,19,21)/b20-12+. The second-order valence-corrected chi connectivity index (χ2v) is 5.14. The van der Waals surface area contributed by atoms with Gasteiger partial charge >= 0.3 is 0 Å². The molecule has 2 aromatic carbocycles. The molecule has 4 heteroatoms. The van der Waals surface area contributed by atoms with Gasteiger partial charge in [0, 0.05) is 10.4 Å². The molecule has 0 unspecified atom stereocenters. The van der Waals surface area contributed by atoms with E-state index in [1.807, 2.05) is 67.6 Å². The molecule has 0 atom stereocenters. The highest BCUT2D eigenvalue weighted by Crippen LogP contribution is 2.15. The van der Waals surface area contributed by atoms with Crippen LogP contribution in [-0.4, -0.2) is 10.7 Å². The molecule has 0 bridgehead atoms. The molecular formula is C17H14ClN3. The van der Waals surface area contributed by atoms with Crippen molar-refractivity contribution in [1.29, 1.82) is 0 Å². The number of hydrogen-bond donors (Lipinski definition) is 1. The highest BCUT2D eigenvalue weighted by Gasteiger charge is 2.00. The van der Waals surface area contributed by atoms with E-state index >= 15 is 0 Å². The Morgan fingerprint density at radius 3 is 2.76 bits per heavy atom. The number of pyridine rings is 1. The summed E-state index contributed by atoms with van der Waals surface area (Å²) in [5, 5.41) is 6.17. The molecule has 1 aromatic heterocycles. The first kappa shape index (κ1) is 13.6. The molecular weight excluding hydrogens is 282 g/mol. The zero-order valence-corrected chi connectivity index (χ0v) is 12.3. The van der Waals surface area contributed by atoms with Crippen molar-refractivity contribution < 1.29 is 0 Å². The van der Waals surface area contributed by atoms with Gasteiger partial charge in [-0.1, -0.05) is 41.9 Å². The van der Waals surface area contributed by atoms with Crippen molar-refractivity contribution in [3.05, 3.63) is 71.2 Å². The molecule has 21 heavy (non-hydrogen) atoms. The van der Waals surface area contributed by atoms with Gasteiger partial charge in [-0.25, -0.2) is 4.98 Å². The number of anilines is 1. The monoisotopic (exact) mass is 295 g/mol. The number of nitrogens with zero attached hydrogens (tertiary/aromatic N) is 2. The molecule has 0 radical (unpaired) electrons. The normalized spacial score (nSPS) is 11.6. The summed E-state index contributed by atoms with van der Waals surface area (Å²) in [4.78, 5) is 4.51. The van der Waals surface area contributed by atoms with Gasteiger partial charge < -0.3 is 0 Å². The number of rotatable bonds is 3. The topological polar surface area (TPSA) is 37.3 Å². The van der Waals surface area contributed by atoms with Gasteiger partial charge in [0.1, 0.15) is 5.82 Å². The summed E-state index contributed by atoms with van der Waals surface area (Å²) in [6, 6.07) is 19.5. The maximum Gasteiger partial charge on any atom is 0.146 e. The first-order valence-electron chi connectivity index (χ1n) is 6.64. The zero-order chi connectivity index (χ0) is 14.7. The second kappa shape index (κ2) is 5.94. The smallest absolute Gasteiger partial charge is 0.146 e. The third-order valence-electron chi connectivity index (χ3n) is 3.18. The number of hydrazone groups is 1. The van der Waals surface area contributed by atoms with Crippen molar-refractivity contribution in [3.8, 4) is 0 Å². The predicted molar refractivity (Wildman–Crippen MR) is 89.0 cm³/mol. The van der Waals surface area contributed by atoms with Crippen LogP contribution in [0.4, 0.5) is 5.82 Å². The van der Waals surface area contributed by atoms with Crippen molar-refractivity contribution in [3.63, 3.8) is 0 Å². The molecule has 104 valence electrons. The first-order valence-corrected chi connectivity index (χ1v) is 7.02. The van der Waals surface area contributed by atoms with Crippen LogP contribution in [0.15, 0.2) is 65.8 Å². The van der Waals surface area contributed by atoms with Crippen LogP contribution in [0.5, 0.6) is 0 Å². The predicted octanol–water partition coefficient (Wildman–Crippen LogP) is 4.72. The van der Waals surface area contributed by atoms with Gasteiger partial charge in [-0.3, -0.25) is 5.43 Å². The molecule has 0 saturated heterocycles. The summed E-state index contributed by atoms with van der Waals surface area (Å²) in [5.41, 5.74) is 5.77. The van der Waals surface area contributed by atoms with E-state index in [2.05, 4.69) is 15.5 Å². The SMILES string of the molecule is C/C(=N\Nc1ccc2ccccc2n1)c1cccc(Cl)c1. The quantitative estimate of drug-likeness (QED) is 0.560. The molecule has 1 heterocycles. The molecule has 0 fully saturated rings. The molecule has 0 aliphatic carbocycles. The van der Waals surface area contributed by atoms with Crippen LogP contribution in [-0.2, 0) is 0 Å². The van der Waals surface area contributed by atoms with E-state index in [4.69, 9.17) is 11.6 Å². The van der Waals surface area contributed by atoms with Gasteiger partial charge in [-0.2, -0.15) is 5.10 Å². The Morgan fingerprint density at radius 1 is 1.05 bits per heavy atom. The summed E-state index contributed by atoms with van der Waals surface area (Å²) < 4.78 is 0. The number of para-hydroxylation sites is 1. The van der Waals surface area contributed by atoms with Gasteiger partial charge in [0.15, 0.2) is 0 Å². The molecule has 0 amide bonds. The second-order valence-electron chi connectivity index (χ2n) is 4.71. The van der Waals surface area contributed by atoms with Gasteiger partial charge in [-0.15, -0.1) is 0 Å². The number of nitrogens with one attached hydrogen (secondary N) is 1. The molecule has 1 N–H and O–H groups in total. The van der Waals surface area contributed by atoms with Gasteiger partial charge in [0.05, 0.1) is 11.2 Å². The lowest BCUT2D eigenvalue weighted by atomic mass is 10.1. The Kier molecular flexibility index (Phi) is 3.84. The average Bonchev–Trinajstić information content (AvgIpc) is 2.52. The van der Waals surface area contributed by atoms with E-state index in [1.165, 1.54) is 0 Å². The minimum atomic E-state index is 0.700. The molecule has 0 aliphatic heterocycles. The van der Waals surface area contributed by atoms with E-state index in [9.17, 15) is 0 Å². The summed E-state index contributed by atoms with van der Waals surface area (Å²) in [6.07, 6.45) is 0. The number of benzene rings is 2. The minimum absolute atomic E-state index is 0.700.